The van der Waals surface area contributed by atoms with Crippen molar-refractivity contribution in [2.45, 2.75) is 34.5 Å². The van der Waals surface area contributed by atoms with E-state index in [2.05, 4.69) is 0 Å². The summed E-state index contributed by atoms with van der Waals surface area (Å²) in [6.45, 7) is 1.90. The van der Waals surface area contributed by atoms with Crippen LogP contribution in [-0.2, 0) is 22.0 Å². The Hall–Kier alpha value is -1.92. The molecule has 2 aromatic carbocycles. The van der Waals surface area contributed by atoms with Crippen LogP contribution in [0.2, 0.25) is 0 Å². The summed E-state index contributed by atoms with van der Waals surface area (Å²) in [5.74, 6) is -1.28. The van der Waals surface area contributed by atoms with Gasteiger partial charge in [-0.3, -0.25) is 9.00 Å². The van der Waals surface area contributed by atoms with Crippen LogP contribution in [0.15, 0.2) is 56.7 Å². The lowest BCUT2D eigenvalue weighted by Gasteiger charge is -2.11. The van der Waals surface area contributed by atoms with E-state index in [1.54, 1.807) is 18.4 Å². The van der Waals surface area contributed by atoms with Crippen LogP contribution < -0.4 is 0 Å². The largest absolute Gasteiger partial charge is 0.481 e. The second-order valence-electron chi connectivity index (χ2n) is 5.96. The quantitative estimate of drug-likeness (QED) is 0.834. The molecule has 0 saturated heterocycles. The van der Waals surface area contributed by atoms with Gasteiger partial charge in [-0.15, -0.1) is 0 Å². The molecule has 25 heavy (non-hydrogen) atoms. The summed E-state index contributed by atoms with van der Waals surface area (Å²) in [5, 5.41) is 9.10. The number of halogens is 1. The molecule has 1 atom stereocenters. The third-order valence-corrected chi connectivity index (χ3v) is 6.20. The lowest BCUT2D eigenvalue weighted by molar-refractivity contribution is -0.135. The van der Waals surface area contributed by atoms with Crippen LogP contribution in [0.3, 0.4) is 0 Å². The van der Waals surface area contributed by atoms with Crippen molar-refractivity contribution in [2.75, 3.05) is 6.26 Å². The zero-order valence-electron chi connectivity index (χ0n) is 13.8. The molecule has 6 heteroatoms. The molecule has 130 valence electrons. The number of hydrogen-bond acceptors (Lipinski definition) is 3. The lowest BCUT2D eigenvalue weighted by atomic mass is 10.0. The van der Waals surface area contributed by atoms with E-state index < -0.39 is 16.8 Å². The molecule has 1 N–H and O–H groups in total. The minimum absolute atomic E-state index is 0.0938. The van der Waals surface area contributed by atoms with Crippen molar-refractivity contribution < 1.29 is 18.5 Å². The fourth-order valence-corrected chi connectivity index (χ4v) is 4.50. The van der Waals surface area contributed by atoms with Gasteiger partial charge in [0, 0.05) is 31.7 Å². The summed E-state index contributed by atoms with van der Waals surface area (Å²) >= 11 is 1.44. The first-order chi connectivity index (χ1) is 11.8. The first-order valence-electron chi connectivity index (χ1n) is 7.69. The van der Waals surface area contributed by atoms with Crippen molar-refractivity contribution in [1.29, 1.82) is 0 Å². The van der Waals surface area contributed by atoms with Crippen LogP contribution >= 0.6 is 11.8 Å². The van der Waals surface area contributed by atoms with Crippen molar-refractivity contribution in [3.05, 3.63) is 58.9 Å². The van der Waals surface area contributed by atoms with Crippen molar-refractivity contribution in [1.82, 2.24) is 0 Å². The van der Waals surface area contributed by atoms with E-state index in [0.717, 1.165) is 25.8 Å². The Morgan fingerprint density at radius 1 is 1.28 bits per heavy atom. The molecule has 2 aromatic rings. The molecule has 0 saturated carbocycles. The Morgan fingerprint density at radius 2 is 1.96 bits per heavy atom. The van der Waals surface area contributed by atoms with E-state index in [1.165, 1.54) is 23.9 Å². The monoisotopic (exact) mass is 376 g/mol. The summed E-state index contributed by atoms with van der Waals surface area (Å²) in [6, 6.07) is 10.3. The van der Waals surface area contributed by atoms with Gasteiger partial charge in [-0.05, 0) is 66.4 Å². The van der Waals surface area contributed by atoms with Gasteiger partial charge in [-0.25, -0.2) is 4.39 Å². The SMILES string of the molecule is CC1=C(CC(=O)O)c2cc(F)cc(Sc3ccc(S(C)=O)cc3)c2C1. The van der Waals surface area contributed by atoms with E-state index >= 15 is 0 Å². The number of carboxylic acid groups (broad SMARTS) is 1. The van der Waals surface area contributed by atoms with Gasteiger partial charge in [-0.2, -0.15) is 0 Å². The molecule has 0 bridgehead atoms. The van der Waals surface area contributed by atoms with Crippen LogP contribution in [0.5, 0.6) is 0 Å². The minimum Gasteiger partial charge on any atom is -0.481 e. The van der Waals surface area contributed by atoms with Crippen LogP contribution in [-0.4, -0.2) is 21.5 Å². The molecular weight excluding hydrogens is 359 g/mol. The molecule has 3 rings (SSSR count). The Bertz CT molecular complexity index is 902. The number of benzene rings is 2. The molecule has 0 aromatic heterocycles. The molecule has 0 heterocycles. The van der Waals surface area contributed by atoms with Gasteiger partial charge in [0.1, 0.15) is 5.82 Å². The number of carbonyl (C=O) groups is 1. The molecule has 0 aliphatic heterocycles. The van der Waals surface area contributed by atoms with E-state index in [9.17, 15) is 13.4 Å². The molecular formula is C19H17FO3S2. The first kappa shape index (κ1) is 17.9. The fraction of sp³-hybridized carbons (Fsp3) is 0.211. The third-order valence-electron chi connectivity index (χ3n) is 4.17. The molecule has 1 aliphatic carbocycles. The zero-order chi connectivity index (χ0) is 18.1. The van der Waals surface area contributed by atoms with Gasteiger partial charge in [0.05, 0.1) is 6.42 Å². The Kier molecular flexibility index (Phi) is 5.11. The molecule has 0 fully saturated rings. The summed E-state index contributed by atoms with van der Waals surface area (Å²) in [7, 11) is -1.03. The van der Waals surface area contributed by atoms with Gasteiger partial charge in [0.2, 0.25) is 0 Å². The van der Waals surface area contributed by atoms with Crippen LogP contribution in [0.1, 0.15) is 24.5 Å². The zero-order valence-corrected chi connectivity index (χ0v) is 15.5. The normalized spacial score (nSPS) is 14.5. The summed E-state index contributed by atoms with van der Waals surface area (Å²) in [4.78, 5) is 13.6. The molecule has 0 spiro atoms. The number of aliphatic carboxylic acids is 1. The summed E-state index contributed by atoms with van der Waals surface area (Å²) in [5.41, 5.74) is 3.36. The van der Waals surface area contributed by atoms with Crippen molar-refractivity contribution in [3.8, 4) is 0 Å². The van der Waals surface area contributed by atoms with Crippen LogP contribution in [0.25, 0.3) is 5.57 Å². The first-order valence-corrected chi connectivity index (χ1v) is 10.1. The molecule has 3 nitrogen and oxygen atoms in total. The van der Waals surface area contributed by atoms with Crippen molar-refractivity contribution >= 4 is 34.1 Å². The van der Waals surface area contributed by atoms with E-state index in [-0.39, 0.29) is 12.2 Å². The third kappa shape index (κ3) is 3.85. The second kappa shape index (κ2) is 7.14. The van der Waals surface area contributed by atoms with E-state index in [4.69, 9.17) is 5.11 Å². The predicted octanol–water partition coefficient (Wildman–Crippen LogP) is 4.52. The number of rotatable bonds is 5. The highest BCUT2D eigenvalue weighted by Crippen LogP contribution is 2.42. The van der Waals surface area contributed by atoms with Gasteiger partial charge in [0.25, 0.3) is 0 Å². The maximum absolute atomic E-state index is 14.1. The molecule has 0 amide bonds. The highest BCUT2D eigenvalue weighted by molar-refractivity contribution is 7.99. The fourth-order valence-electron chi connectivity index (χ4n) is 2.98. The predicted molar refractivity (Wildman–Crippen MR) is 97.8 cm³/mol. The number of carboxylic acids is 1. The van der Waals surface area contributed by atoms with E-state index in [1.807, 2.05) is 19.1 Å². The maximum atomic E-state index is 14.1. The second-order valence-corrected chi connectivity index (χ2v) is 8.46. The highest BCUT2D eigenvalue weighted by atomic mass is 32.2. The molecule has 1 unspecified atom stereocenters. The van der Waals surface area contributed by atoms with Crippen molar-refractivity contribution in [2.24, 2.45) is 0 Å². The maximum Gasteiger partial charge on any atom is 0.307 e. The van der Waals surface area contributed by atoms with Gasteiger partial charge >= 0.3 is 5.97 Å². The smallest absolute Gasteiger partial charge is 0.307 e. The number of fused-ring (bicyclic) bond motifs is 1. The topological polar surface area (TPSA) is 54.4 Å². The number of hydrogen-bond donors (Lipinski definition) is 1. The summed E-state index contributed by atoms with van der Waals surface area (Å²) < 4.78 is 25.6. The minimum atomic E-state index is -1.03. The average Bonchev–Trinajstić information content (AvgIpc) is 2.84. The Morgan fingerprint density at radius 3 is 2.56 bits per heavy atom. The van der Waals surface area contributed by atoms with Crippen molar-refractivity contribution in [3.63, 3.8) is 0 Å². The summed E-state index contributed by atoms with van der Waals surface area (Å²) in [6.07, 6.45) is 2.17. The highest BCUT2D eigenvalue weighted by Gasteiger charge is 2.24. The number of allylic oxidation sites excluding steroid dienone is 1. The lowest BCUT2D eigenvalue weighted by Crippen LogP contribution is -1.98. The van der Waals surface area contributed by atoms with Crippen LogP contribution in [0.4, 0.5) is 4.39 Å². The van der Waals surface area contributed by atoms with E-state index in [0.29, 0.717) is 17.6 Å². The molecule has 0 radical (unpaired) electrons. The van der Waals surface area contributed by atoms with Gasteiger partial charge < -0.3 is 5.11 Å². The Labute approximate surface area is 152 Å². The molecule has 1 aliphatic rings. The van der Waals surface area contributed by atoms with Gasteiger partial charge in [0.15, 0.2) is 0 Å². The average molecular weight is 376 g/mol. The van der Waals surface area contributed by atoms with Gasteiger partial charge in [-0.1, -0.05) is 17.3 Å². The standard InChI is InChI=1S/C19H17FO3S2/c1-11-7-17-16(15(11)10-19(21)22)8-12(20)9-18(17)24-13-3-5-14(6-4-13)25(2)23/h3-6,8-9H,7,10H2,1-2H3,(H,21,22). The van der Waals surface area contributed by atoms with Crippen LogP contribution in [0, 0.1) is 5.82 Å². The Balaban J connectivity index is 1.95.